The largest absolute Gasteiger partial charge is 0.345 e. The second-order valence-corrected chi connectivity index (χ2v) is 11.1. The zero-order valence-corrected chi connectivity index (χ0v) is 20.3. The van der Waals surface area contributed by atoms with E-state index in [9.17, 15) is 19.6 Å². The minimum atomic E-state index is -0.717. The summed E-state index contributed by atoms with van der Waals surface area (Å²) >= 11 is 0. The van der Waals surface area contributed by atoms with Crippen LogP contribution in [-0.4, -0.2) is 94.7 Å². The lowest BCUT2D eigenvalue weighted by Crippen LogP contribution is -2.57. The van der Waals surface area contributed by atoms with Gasteiger partial charge in [0.1, 0.15) is 6.04 Å². The Morgan fingerprint density at radius 3 is 2.74 bits per heavy atom. The number of nitriles is 1. The molecule has 1 aromatic rings. The Kier molecular flexibility index (Phi) is 5.17. The summed E-state index contributed by atoms with van der Waals surface area (Å²) in [6, 6.07) is 7.13. The Labute approximate surface area is 205 Å². The lowest BCUT2D eigenvalue weighted by molar-refractivity contribution is -0.141. The molecule has 1 aromatic carbocycles. The lowest BCUT2D eigenvalue weighted by atomic mass is 10.0. The number of hydrogen-bond donors (Lipinski definition) is 1. The monoisotopic (exact) mass is 476 g/mol. The molecule has 184 valence electrons. The van der Waals surface area contributed by atoms with Crippen molar-refractivity contribution >= 4 is 17.7 Å². The van der Waals surface area contributed by atoms with Crippen molar-refractivity contribution in [3.63, 3.8) is 0 Å². The van der Waals surface area contributed by atoms with E-state index in [4.69, 9.17) is 5.73 Å². The number of aryl methyl sites for hydroxylation is 1. The molecule has 2 N–H and O–H groups in total. The Morgan fingerprint density at radius 1 is 1.23 bits per heavy atom. The minimum absolute atomic E-state index is 0.0127. The van der Waals surface area contributed by atoms with Gasteiger partial charge in [0.15, 0.2) is 0 Å². The highest BCUT2D eigenvalue weighted by molar-refractivity contribution is 5.94. The van der Waals surface area contributed by atoms with Crippen molar-refractivity contribution in [2.24, 2.45) is 11.7 Å². The van der Waals surface area contributed by atoms with E-state index < -0.39 is 6.04 Å². The third kappa shape index (κ3) is 3.46. The van der Waals surface area contributed by atoms with Crippen LogP contribution in [0.15, 0.2) is 18.2 Å². The highest BCUT2D eigenvalue weighted by atomic mass is 16.2. The Bertz CT molecular complexity index is 1140. The molecule has 9 heteroatoms. The maximum Gasteiger partial charge on any atom is 0.253 e. The normalized spacial score (nSPS) is 33.5. The topological polar surface area (TPSA) is 114 Å². The van der Waals surface area contributed by atoms with Gasteiger partial charge in [-0.2, -0.15) is 5.26 Å². The Hall–Kier alpha value is -2.96. The molecule has 4 fully saturated rings. The zero-order valence-electron chi connectivity index (χ0n) is 20.3. The highest BCUT2D eigenvalue weighted by Crippen LogP contribution is 2.48. The second-order valence-electron chi connectivity index (χ2n) is 11.1. The van der Waals surface area contributed by atoms with E-state index in [1.165, 1.54) is 0 Å². The van der Waals surface area contributed by atoms with Crippen LogP contribution in [-0.2, 0) is 16.0 Å². The SMILES string of the molecule is CN(C)C(=O)c1ccc2c(c1)CC[C@@H]2N1C(=O)[C@@H]2C[C@H]1CN2C[C@H](N)C(=O)N1C2C[C@H]2C[C@H]1C#N. The molecule has 6 rings (SSSR count). The summed E-state index contributed by atoms with van der Waals surface area (Å²) in [7, 11) is 3.50. The van der Waals surface area contributed by atoms with Gasteiger partial charge in [-0.05, 0) is 61.3 Å². The predicted octanol–water partition coefficient (Wildman–Crippen LogP) is 0.501. The van der Waals surface area contributed by atoms with Gasteiger partial charge in [0.05, 0.1) is 24.2 Å². The predicted molar refractivity (Wildman–Crippen MR) is 127 cm³/mol. The smallest absolute Gasteiger partial charge is 0.253 e. The molecule has 3 aliphatic heterocycles. The summed E-state index contributed by atoms with van der Waals surface area (Å²) in [5.41, 5.74) is 9.32. The van der Waals surface area contributed by atoms with E-state index in [0.717, 1.165) is 43.2 Å². The molecule has 3 amide bonds. The molecule has 2 aliphatic carbocycles. The lowest BCUT2D eigenvalue weighted by Gasteiger charge is -2.38. The number of piperazine rings is 1. The molecule has 1 unspecified atom stereocenters. The molecule has 3 heterocycles. The second kappa shape index (κ2) is 8.04. The van der Waals surface area contributed by atoms with Gasteiger partial charge in [-0.1, -0.05) is 6.07 Å². The van der Waals surface area contributed by atoms with Crippen molar-refractivity contribution in [3.05, 3.63) is 34.9 Å². The number of amides is 3. The van der Waals surface area contributed by atoms with Crippen molar-refractivity contribution in [2.75, 3.05) is 27.2 Å². The number of benzene rings is 1. The van der Waals surface area contributed by atoms with Crippen molar-refractivity contribution in [3.8, 4) is 6.07 Å². The summed E-state index contributed by atoms with van der Waals surface area (Å²) in [4.78, 5) is 46.3. The molecular formula is C26H32N6O3. The number of nitrogens with two attached hydrogens (primary N) is 1. The average Bonchev–Trinajstić information content (AvgIpc) is 3.18. The molecule has 2 bridgehead atoms. The highest BCUT2D eigenvalue weighted by Gasteiger charge is 2.56. The van der Waals surface area contributed by atoms with E-state index in [0.29, 0.717) is 24.6 Å². The van der Waals surface area contributed by atoms with E-state index in [1.54, 1.807) is 23.9 Å². The molecule has 7 atom stereocenters. The van der Waals surface area contributed by atoms with E-state index in [1.807, 2.05) is 18.2 Å². The summed E-state index contributed by atoms with van der Waals surface area (Å²) < 4.78 is 0. The first-order chi connectivity index (χ1) is 16.8. The zero-order chi connectivity index (χ0) is 24.6. The summed E-state index contributed by atoms with van der Waals surface area (Å²) in [6.07, 6.45) is 4.23. The van der Waals surface area contributed by atoms with E-state index in [2.05, 4.69) is 15.9 Å². The number of carbonyl (C=O) groups is 3. The van der Waals surface area contributed by atoms with Gasteiger partial charge in [-0.15, -0.1) is 0 Å². The van der Waals surface area contributed by atoms with Gasteiger partial charge in [0.25, 0.3) is 5.91 Å². The summed E-state index contributed by atoms with van der Waals surface area (Å²) in [6.45, 7) is 1.07. The fourth-order valence-electron chi connectivity index (χ4n) is 6.99. The average molecular weight is 477 g/mol. The first-order valence-corrected chi connectivity index (χ1v) is 12.7. The van der Waals surface area contributed by atoms with E-state index in [-0.39, 0.29) is 47.9 Å². The van der Waals surface area contributed by atoms with Crippen LogP contribution in [0.2, 0.25) is 0 Å². The van der Waals surface area contributed by atoms with Gasteiger partial charge < -0.3 is 20.4 Å². The Balaban J connectivity index is 1.12. The van der Waals surface area contributed by atoms with Crippen LogP contribution in [0.1, 0.15) is 53.2 Å². The van der Waals surface area contributed by atoms with Crippen LogP contribution in [0.25, 0.3) is 0 Å². The van der Waals surface area contributed by atoms with Crippen molar-refractivity contribution < 1.29 is 14.4 Å². The number of piperidine rings is 1. The fourth-order valence-corrected chi connectivity index (χ4v) is 6.99. The van der Waals surface area contributed by atoms with Crippen LogP contribution in [0, 0.1) is 17.2 Å². The van der Waals surface area contributed by atoms with Gasteiger partial charge >= 0.3 is 0 Å². The first kappa shape index (κ1) is 22.5. The van der Waals surface area contributed by atoms with Crippen LogP contribution in [0.3, 0.4) is 0 Å². The third-order valence-electron chi connectivity index (χ3n) is 8.75. The van der Waals surface area contributed by atoms with Crippen LogP contribution in [0.5, 0.6) is 0 Å². The number of fused-ring (bicyclic) bond motifs is 4. The standard InChI is InChI=1S/C26H32N6O3/c1-29(2)24(33)15-3-5-19-14(7-15)4-6-21(19)32-18-10-23(26(32)35)30(12-18)13-20(28)25(34)31-17(11-27)8-16-9-22(16)31/h3,5,7,16-18,20-23H,4,6,8-10,12-13,28H2,1-2H3/t16-,17+,18+,20+,21+,22?,23+/m1/s1. The number of likely N-dealkylation sites (tertiary alicyclic amines) is 3. The molecule has 0 spiro atoms. The van der Waals surface area contributed by atoms with E-state index >= 15 is 0 Å². The van der Waals surface area contributed by atoms with Crippen LogP contribution in [0.4, 0.5) is 0 Å². The first-order valence-electron chi connectivity index (χ1n) is 12.7. The molecule has 35 heavy (non-hydrogen) atoms. The third-order valence-corrected chi connectivity index (χ3v) is 8.75. The van der Waals surface area contributed by atoms with Crippen molar-refractivity contribution in [2.45, 2.75) is 68.4 Å². The number of carbonyl (C=O) groups excluding carboxylic acids is 3. The molecule has 0 aromatic heterocycles. The summed E-state index contributed by atoms with van der Waals surface area (Å²) in [5.74, 6) is 0.411. The van der Waals surface area contributed by atoms with Gasteiger partial charge in [0, 0.05) is 44.8 Å². The molecule has 1 saturated carbocycles. The van der Waals surface area contributed by atoms with Crippen molar-refractivity contribution in [1.29, 1.82) is 5.26 Å². The van der Waals surface area contributed by atoms with Gasteiger partial charge in [-0.3, -0.25) is 19.3 Å². The maximum atomic E-state index is 13.4. The van der Waals surface area contributed by atoms with Crippen LogP contribution < -0.4 is 5.73 Å². The minimum Gasteiger partial charge on any atom is -0.345 e. The quantitative estimate of drug-likeness (QED) is 0.662. The van der Waals surface area contributed by atoms with Gasteiger partial charge in [0.2, 0.25) is 11.8 Å². The van der Waals surface area contributed by atoms with Crippen LogP contribution >= 0.6 is 0 Å². The molecular weight excluding hydrogens is 444 g/mol. The number of hydrogen-bond acceptors (Lipinski definition) is 6. The number of rotatable bonds is 5. The van der Waals surface area contributed by atoms with Crippen molar-refractivity contribution in [1.82, 2.24) is 19.6 Å². The summed E-state index contributed by atoms with van der Waals surface area (Å²) in [5, 5.41) is 9.42. The molecule has 9 nitrogen and oxygen atoms in total. The molecule has 3 saturated heterocycles. The fraction of sp³-hybridized carbons (Fsp3) is 0.615. The van der Waals surface area contributed by atoms with Gasteiger partial charge in [-0.25, -0.2) is 0 Å². The molecule has 5 aliphatic rings. The molecule has 0 radical (unpaired) electrons. The Morgan fingerprint density at radius 2 is 2.03 bits per heavy atom. The maximum absolute atomic E-state index is 13.4. The number of nitrogens with zero attached hydrogens (tertiary/aromatic N) is 5.